The lowest BCUT2D eigenvalue weighted by Gasteiger charge is -2.16. The van der Waals surface area contributed by atoms with Crippen LogP contribution >= 0.6 is 11.3 Å². The van der Waals surface area contributed by atoms with Crippen LogP contribution in [-0.2, 0) is 16.3 Å². The molecule has 0 atom stereocenters. The van der Waals surface area contributed by atoms with Crippen LogP contribution in [0.15, 0.2) is 35.1 Å². The second-order valence-corrected chi connectivity index (χ2v) is 8.35. The van der Waals surface area contributed by atoms with Crippen LogP contribution < -0.4 is 10.9 Å². The molecular weight excluding hydrogens is 380 g/mol. The van der Waals surface area contributed by atoms with Crippen LogP contribution in [0.3, 0.4) is 0 Å². The van der Waals surface area contributed by atoms with Gasteiger partial charge in [0.05, 0.1) is 10.4 Å². The largest absolute Gasteiger partial charge is 0.438 e. The van der Waals surface area contributed by atoms with Crippen molar-refractivity contribution in [1.29, 1.82) is 0 Å². The van der Waals surface area contributed by atoms with E-state index in [1.165, 1.54) is 0 Å². The Morgan fingerprint density at radius 3 is 2.68 bits per heavy atom. The highest BCUT2D eigenvalue weighted by molar-refractivity contribution is 7.18. The molecule has 8 nitrogen and oxygen atoms in total. The number of fused-ring (bicyclic) bond motifs is 1. The third kappa shape index (κ3) is 4.09. The van der Waals surface area contributed by atoms with E-state index in [1.54, 1.807) is 58.0 Å². The summed E-state index contributed by atoms with van der Waals surface area (Å²) in [4.78, 5) is 37.3. The second kappa shape index (κ2) is 7.51. The summed E-state index contributed by atoms with van der Waals surface area (Å²) in [6.45, 7) is 6.82. The molecule has 9 heteroatoms. The molecule has 0 bridgehead atoms. The van der Waals surface area contributed by atoms with Crippen molar-refractivity contribution >= 4 is 39.1 Å². The molecule has 2 heterocycles. The van der Waals surface area contributed by atoms with Gasteiger partial charge in [0.25, 0.3) is 5.56 Å². The van der Waals surface area contributed by atoms with E-state index in [1.807, 2.05) is 0 Å². The lowest BCUT2D eigenvalue weighted by Crippen LogP contribution is -2.27. The third-order valence-corrected chi connectivity index (χ3v) is 5.10. The standard InChI is InChI=1S/C19H20N4O4S/c1-11-9-14(20-18(26)19(2,3)4)28-15(11)17(25)27-10-23-16(24)12-7-5-6-8-13(12)21-22-23/h5-9H,10H2,1-4H3,(H,20,26). The Morgan fingerprint density at radius 2 is 1.96 bits per heavy atom. The van der Waals surface area contributed by atoms with Gasteiger partial charge in [-0.25, -0.2) is 4.79 Å². The lowest BCUT2D eigenvalue weighted by atomic mass is 9.96. The van der Waals surface area contributed by atoms with Gasteiger partial charge in [0.15, 0.2) is 6.73 Å². The van der Waals surface area contributed by atoms with Gasteiger partial charge in [0.1, 0.15) is 10.4 Å². The van der Waals surface area contributed by atoms with Crippen LogP contribution in [0.25, 0.3) is 10.9 Å². The zero-order chi connectivity index (χ0) is 20.5. The topological polar surface area (TPSA) is 103 Å². The third-order valence-electron chi connectivity index (χ3n) is 3.97. The molecule has 0 saturated heterocycles. The zero-order valence-corrected chi connectivity index (χ0v) is 16.8. The average Bonchev–Trinajstić information content (AvgIpc) is 3.00. The molecule has 3 aromatic rings. The molecule has 0 aliphatic rings. The number of hydrogen-bond acceptors (Lipinski definition) is 7. The number of hydrogen-bond donors (Lipinski definition) is 1. The van der Waals surface area contributed by atoms with Gasteiger partial charge in [-0.05, 0) is 30.7 Å². The highest BCUT2D eigenvalue weighted by Gasteiger charge is 2.23. The summed E-state index contributed by atoms with van der Waals surface area (Å²) >= 11 is 1.12. The second-order valence-electron chi connectivity index (χ2n) is 7.30. The van der Waals surface area contributed by atoms with Gasteiger partial charge in [-0.1, -0.05) is 38.1 Å². The van der Waals surface area contributed by atoms with Crippen molar-refractivity contribution in [2.75, 3.05) is 5.32 Å². The van der Waals surface area contributed by atoms with Crippen LogP contribution in [0.1, 0.15) is 36.0 Å². The zero-order valence-electron chi connectivity index (χ0n) is 16.0. The monoisotopic (exact) mass is 400 g/mol. The van der Waals surface area contributed by atoms with E-state index in [9.17, 15) is 14.4 Å². The summed E-state index contributed by atoms with van der Waals surface area (Å²) in [5.41, 5.74) is 0.216. The number of aryl methyl sites for hydroxylation is 1. The van der Waals surface area contributed by atoms with E-state index >= 15 is 0 Å². The first-order valence-electron chi connectivity index (χ1n) is 8.58. The van der Waals surface area contributed by atoms with Crippen LogP contribution in [0, 0.1) is 12.3 Å². The Bertz CT molecular complexity index is 1110. The fourth-order valence-electron chi connectivity index (χ4n) is 2.34. The van der Waals surface area contributed by atoms with Gasteiger partial charge in [0.2, 0.25) is 5.91 Å². The molecular formula is C19H20N4O4S. The van der Waals surface area contributed by atoms with Crippen molar-refractivity contribution in [1.82, 2.24) is 15.0 Å². The maximum atomic E-state index is 12.4. The molecule has 0 radical (unpaired) electrons. The quantitative estimate of drug-likeness (QED) is 0.676. The minimum absolute atomic E-state index is 0.147. The van der Waals surface area contributed by atoms with E-state index in [-0.39, 0.29) is 18.2 Å². The van der Waals surface area contributed by atoms with Gasteiger partial charge in [-0.2, -0.15) is 4.68 Å². The van der Waals surface area contributed by atoms with Crippen molar-refractivity contribution in [3.8, 4) is 0 Å². The Balaban J connectivity index is 1.73. The van der Waals surface area contributed by atoms with Gasteiger partial charge in [-0.15, -0.1) is 16.4 Å². The first-order valence-corrected chi connectivity index (χ1v) is 9.40. The summed E-state index contributed by atoms with van der Waals surface area (Å²) in [5, 5.41) is 11.5. The first kappa shape index (κ1) is 19.7. The van der Waals surface area contributed by atoms with Gasteiger partial charge in [-0.3, -0.25) is 9.59 Å². The van der Waals surface area contributed by atoms with E-state index < -0.39 is 11.4 Å². The molecule has 28 heavy (non-hydrogen) atoms. The number of carbonyl (C=O) groups is 2. The van der Waals surface area contributed by atoms with Gasteiger partial charge >= 0.3 is 5.97 Å². The highest BCUT2D eigenvalue weighted by Crippen LogP contribution is 2.29. The van der Waals surface area contributed by atoms with Gasteiger partial charge in [0, 0.05) is 5.41 Å². The van der Waals surface area contributed by atoms with E-state index in [4.69, 9.17) is 4.74 Å². The number of anilines is 1. The number of carbonyl (C=O) groups excluding carboxylic acids is 2. The Kier molecular flexibility index (Phi) is 5.28. The summed E-state index contributed by atoms with van der Waals surface area (Å²) in [5.74, 6) is -0.743. The summed E-state index contributed by atoms with van der Waals surface area (Å²) < 4.78 is 6.22. The number of benzene rings is 1. The number of esters is 1. The number of ether oxygens (including phenoxy) is 1. The van der Waals surface area contributed by atoms with E-state index in [0.29, 0.717) is 26.3 Å². The molecule has 0 aliphatic heterocycles. The summed E-state index contributed by atoms with van der Waals surface area (Å²) in [7, 11) is 0. The fraction of sp³-hybridized carbons (Fsp3) is 0.316. The minimum atomic E-state index is -0.597. The maximum absolute atomic E-state index is 12.4. The predicted octanol–water partition coefficient (Wildman–Crippen LogP) is 2.96. The SMILES string of the molecule is Cc1cc(NC(=O)C(C)(C)C)sc1C(=O)OCn1nnc2ccccc2c1=O. The highest BCUT2D eigenvalue weighted by atomic mass is 32.1. The number of aromatic nitrogens is 3. The minimum Gasteiger partial charge on any atom is -0.438 e. The smallest absolute Gasteiger partial charge is 0.350 e. The van der Waals surface area contributed by atoms with E-state index in [0.717, 1.165) is 16.0 Å². The number of nitrogens with one attached hydrogen (secondary N) is 1. The molecule has 0 spiro atoms. The maximum Gasteiger partial charge on any atom is 0.350 e. The van der Waals surface area contributed by atoms with E-state index in [2.05, 4.69) is 15.6 Å². The molecule has 1 N–H and O–H groups in total. The predicted molar refractivity (Wildman–Crippen MR) is 106 cm³/mol. The van der Waals surface area contributed by atoms with Crippen molar-refractivity contribution in [3.05, 3.63) is 51.1 Å². The number of rotatable bonds is 4. The van der Waals surface area contributed by atoms with Crippen LogP contribution in [0.5, 0.6) is 0 Å². The van der Waals surface area contributed by atoms with Crippen molar-refractivity contribution in [2.45, 2.75) is 34.4 Å². The first-order chi connectivity index (χ1) is 13.2. The van der Waals surface area contributed by atoms with Gasteiger partial charge < -0.3 is 10.1 Å². The molecule has 0 fully saturated rings. The fourth-order valence-corrected chi connectivity index (χ4v) is 3.30. The van der Waals surface area contributed by atoms with Crippen LogP contribution in [0.2, 0.25) is 0 Å². The molecule has 1 aromatic carbocycles. The Labute approximate surface area is 165 Å². The molecule has 2 aromatic heterocycles. The Hall–Kier alpha value is -3.07. The number of nitrogens with zero attached hydrogens (tertiary/aromatic N) is 3. The van der Waals surface area contributed by atoms with Crippen molar-refractivity contribution in [2.24, 2.45) is 5.41 Å². The molecule has 0 saturated carbocycles. The summed E-state index contributed by atoms with van der Waals surface area (Å²) in [6, 6.07) is 8.52. The molecule has 3 rings (SSSR count). The lowest BCUT2D eigenvalue weighted by molar-refractivity contribution is -0.123. The van der Waals surface area contributed by atoms with Crippen LogP contribution in [0.4, 0.5) is 5.00 Å². The molecule has 0 aliphatic carbocycles. The normalized spacial score (nSPS) is 11.4. The van der Waals surface area contributed by atoms with Crippen molar-refractivity contribution in [3.63, 3.8) is 0 Å². The molecule has 0 unspecified atom stereocenters. The van der Waals surface area contributed by atoms with Crippen LogP contribution in [-0.4, -0.2) is 26.9 Å². The number of thiophene rings is 1. The van der Waals surface area contributed by atoms with Crippen molar-refractivity contribution < 1.29 is 14.3 Å². The number of amides is 1. The molecule has 146 valence electrons. The molecule has 1 amide bonds. The summed E-state index contributed by atoms with van der Waals surface area (Å²) in [6.07, 6.45) is 0. The Morgan fingerprint density at radius 1 is 1.25 bits per heavy atom. The average molecular weight is 400 g/mol.